The molecule has 2 aromatic heterocycles. The number of hydrogen-bond donors (Lipinski definition) is 2. The van der Waals surface area contributed by atoms with E-state index in [9.17, 15) is 4.79 Å². The molecule has 0 aliphatic rings. The molecule has 4 aromatic rings. The van der Waals surface area contributed by atoms with Crippen LogP contribution in [0.3, 0.4) is 0 Å². The van der Waals surface area contributed by atoms with Gasteiger partial charge >= 0.3 is 0 Å². The second-order valence-corrected chi connectivity index (χ2v) is 6.62. The van der Waals surface area contributed by atoms with Crippen LogP contribution < -0.4 is 10.6 Å². The van der Waals surface area contributed by atoms with Gasteiger partial charge in [-0.2, -0.15) is 0 Å². The van der Waals surface area contributed by atoms with E-state index in [0.29, 0.717) is 22.4 Å². The highest BCUT2D eigenvalue weighted by molar-refractivity contribution is 6.30. The third-order valence-electron chi connectivity index (χ3n) is 4.07. The molecule has 7 heteroatoms. The van der Waals surface area contributed by atoms with Crippen molar-refractivity contribution in [2.75, 3.05) is 10.6 Å². The molecule has 2 N–H and O–H groups in total. The van der Waals surface area contributed by atoms with Gasteiger partial charge < -0.3 is 10.6 Å². The first-order valence-electron chi connectivity index (χ1n) is 8.62. The summed E-state index contributed by atoms with van der Waals surface area (Å²) in [7, 11) is 0. The Bertz CT molecular complexity index is 1160. The Balaban J connectivity index is 1.61. The van der Waals surface area contributed by atoms with E-state index >= 15 is 0 Å². The zero-order valence-electron chi connectivity index (χ0n) is 15.0. The molecule has 0 radical (unpaired) electrons. The molecule has 0 saturated carbocycles. The number of amides is 1. The summed E-state index contributed by atoms with van der Waals surface area (Å²) in [5, 5.41) is 7.58. The number of benzene rings is 2. The van der Waals surface area contributed by atoms with Gasteiger partial charge in [0.25, 0.3) is 5.91 Å². The zero-order chi connectivity index (χ0) is 19.5. The second-order valence-electron chi connectivity index (χ2n) is 6.18. The van der Waals surface area contributed by atoms with E-state index in [4.69, 9.17) is 11.6 Å². The maximum atomic E-state index is 12.6. The Hall–Kier alpha value is -3.51. The van der Waals surface area contributed by atoms with E-state index in [2.05, 4.69) is 25.6 Å². The Labute approximate surface area is 166 Å². The van der Waals surface area contributed by atoms with Crippen LogP contribution in [0.15, 0.2) is 66.9 Å². The summed E-state index contributed by atoms with van der Waals surface area (Å²) in [5.41, 5.74) is 3.15. The molecule has 2 aromatic carbocycles. The van der Waals surface area contributed by atoms with Crippen LogP contribution in [0.2, 0.25) is 5.02 Å². The lowest BCUT2D eigenvalue weighted by atomic mass is 10.2. The lowest BCUT2D eigenvalue weighted by Gasteiger charge is -2.10. The molecule has 1 amide bonds. The summed E-state index contributed by atoms with van der Waals surface area (Å²) < 4.78 is 0. The molecular formula is C21H16ClN5O. The molecule has 0 bridgehead atoms. The molecule has 4 rings (SSSR count). The van der Waals surface area contributed by atoms with Crippen LogP contribution in [0.25, 0.3) is 10.9 Å². The van der Waals surface area contributed by atoms with Gasteiger partial charge in [0.15, 0.2) is 0 Å². The molecule has 0 fully saturated rings. The van der Waals surface area contributed by atoms with Gasteiger partial charge in [-0.1, -0.05) is 29.8 Å². The fourth-order valence-electron chi connectivity index (χ4n) is 2.79. The lowest BCUT2D eigenvalue weighted by Crippen LogP contribution is -2.15. The summed E-state index contributed by atoms with van der Waals surface area (Å²) in [4.78, 5) is 25.8. The summed E-state index contributed by atoms with van der Waals surface area (Å²) in [6.07, 6.45) is 1.73. The zero-order valence-corrected chi connectivity index (χ0v) is 15.7. The fraction of sp³-hybridized carbons (Fsp3) is 0.0476. The Morgan fingerprint density at radius 1 is 1.00 bits per heavy atom. The number of rotatable bonds is 4. The van der Waals surface area contributed by atoms with E-state index in [1.807, 2.05) is 37.3 Å². The summed E-state index contributed by atoms with van der Waals surface area (Å²) >= 11 is 5.88. The van der Waals surface area contributed by atoms with Crippen LogP contribution in [0.5, 0.6) is 0 Å². The summed E-state index contributed by atoms with van der Waals surface area (Å²) in [6.45, 7) is 1.81. The normalized spacial score (nSPS) is 10.6. The minimum absolute atomic E-state index is 0.262. The average molecular weight is 390 g/mol. The van der Waals surface area contributed by atoms with Crippen LogP contribution in [0.1, 0.15) is 16.2 Å². The Morgan fingerprint density at radius 3 is 2.61 bits per heavy atom. The van der Waals surface area contributed by atoms with Gasteiger partial charge in [0.05, 0.1) is 11.2 Å². The number of carbonyl (C=O) groups is 1. The lowest BCUT2D eigenvalue weighted by molar-refractivity contribution is 0.102. The average Bonchev–Trinajstić information content (AvgIpc) is 2.69. The predicted molar refractivity (Wildman–Crippen MR) is 111 cm³/mol. The van der Waals surface area contributed by atoms with Gasteiger partial charge in [-0.15, -0.1) is 0 Å². The van der Waals surface area contributed by atoms with Gasteiger partial charge in [0, 0.05) is 28.0 Å². The number of aromatic nitrogens is 3. The van der Waals surface area contributed by atoms with Crippen molar-refractivity contribution < 1.29 is 4.79 Å². The number of pyridine rings is 1. The molecule has 0 unspecified atom stereocenters. The quantitative estimate of drug-likeness (QED) is 0.514. The minimum Gasteiger partial charge on any atom is -0.322 e. The number of aryl methyl sites for hydroxylation is 1. The van der Waals surface area contributed by atoms with Gasteiger partial charge in [0.2, 0.25) is 5.95 Å². The van der Waals surface area contributed by atoms with Crippen LogP contribution in [0, 0.1) is 6.92 Å². The molecule has 0 spiro atoms. The number of para-hydroxylation sites is 1. The van der Waals surface area contributed by atoms with Gasteiger partial charge in [-0.25, -0.2) is 9.97 Å². The third-order valence-corrected chi connectivity index (χ3v) is 4.32. The molecule has 2 heterocycles. The van der Waals surface area contributed by atoms with E-state index < -0.39 is 0 Å². The van der Waals surface area contributed by atoms with E-state index in [0.717, 1.165) is 16.6 Å². The third kappa shape index (κ3) is 3.92. The molecule has 28 heavy (non-hydrogen) atoms. The van der Waals surface area contributed by atoms with Crippen LogP contribution in [-0.4, -0.2) is 20.9 Å². The molecule has 0 saturated heterocycles. The second kappa shape index (κ2) is 7.62. The SMILES string of the molecule is Cc1cc(C(=O)Nc2ccc(Cl)cc2)nc(Nc2cccc3cccnc23)n1. The maximum absolute atomic E-state index is 12.6. The molecule has 0 atom stereocenters. The van der Waals surface area contributed by atoms with Crippen LogP contribution >= 0.6 is 11.6 Å². The van der Waals surface area contributed by atoms with Crippen molar-refractivity contribution in [3.05, 3.63) is 83.3 Å². The van der Waals surface area contributed by atoms with Gasteiger partial charge in [-0.3, -0.25) is 9.78 Å². The smallest absolute Gasteiger partial charge is 0.274 e. The molecule has 0 aliphatic carbocycles. The topological polar surface area (TPSA) is 79.8 Å². The standard InChI is InChI=1S/C21H16ClN5O/c1-13-12-18(20(28)25-16-9-7-15(22)8-10-16)27-21(24-13)26-17-6-2-4-14-5-3-11-23-19(14)17/h2-12H,1H3,(H,25,28)(H,24,26,27). The monoisotopic (exact) mass is 389 g/mol. The van der Waals surface area contributed by atoms with Gasteiger partial charge in [0.1, 0.15) is 5.69 Å². The molecule has 138 valence electrons. The van der Waals surface area contributed by atoms with Crippen molar-refractivity contribution >= 4 is 45.7 Å². The number of fused-ring (bicyclic) bond motifs is 1. The van der Waals surface area contributed by atoms with Crippen LogP contribution in [-0.2, 0) is 0 Å². The minimum atomic E-state index is -0.327. The first-order valence-corrected chi connectivity index (χ1v) is 9.00. The molecular weight excluding hydrogens is 374 g/mol. The number of nitrogens with one attached hydrogen (secondary N) is 2. The van der Waals surface area contributed by atoms with E-state index in [-0.39, 0.29) is 11.6 Å². The number of anilines is 3. The number of carbonyl (C=O) groups excluding carboxylic acids is 1. The Kier molecular flexibility index (Phi) is 4.87. The van der Waals surface area contributed by atoms with E-state index in [1.165, 1.54) is 0 Å². The number of nitrogens with zero attached hydrogens (tertiary/aromatic N) is 3. The first kappa shape index (κ1) is 17.9. The van der Waals surface area contributed by atoms with Crippen LogP contribution in [0.4, 0.5) is 17.3 Å². The van der Waals surface area contributed by atoms with Crippen molar-refractivity contribution in [1.82, 2.24) is 15.0 Å². The summed E-state index contributed by atoms with van der Waals surface area (Å²) in [6, 6.07) is 18.2. The van der Waals surface area contributed by atoms with Crippen molar-refractivity contribution in [2.24, 2.45) is 0 Å². The highest BCUT2D eigenvalue weighted by Crippen LogP contribution is 2.23. The number of hydrogen-bond acceptors (Lipinski definition) is 5. The Morgan fingerprint density at radius 2 is 1.79 bits per heavy atom. The molecule has 0 aliphatic heterocycles. The van der Waals surface area contributed by atoms with E-state index in [1.54, 1.807) is 36.5 Å². The largest absolute Gasteiger partial charge is 0.322 e. The summed E-state index contributed by atoms with van der Waals surface area (Å²) in [5.74, 6) is 0.00586. The predicted octanol–water partition coefficient (Wildman–Crippen LogP) is 4.98. The van der Waals surface area contributed by atoms with Crippen molar-refractivity contribution in [3.63, 3.8) is 0 Å². The first-order chi connectivity index (χ1) is 13.6. The molecule has 6 nitrogen and oxygen atoms in total. The van der Waals surface area contributed by atoms with Crippen molar-refractivity contribution in [3.8, 4) is 0 Å². The van der Waals surface area contributed by atoms with Crippen molar-refractivity contribution in [1.29, 1.82) is 0 Å². The maximum Gasteiger partial charge on any atom is 0.274 e. The highest BCUT2D eigenvalue weighted by atomic mass is 35.5. The van der Waals surface area contributed by atoms with Gasteiger partial charge in [-0.05, 0) is 49.4 Å². The highest BCUT2D eigenvalue weighted by Gasteiger charge is 2.12. The fourth-order valence-corrected chi connectivity index (χ4v) is 2.92. The number of halogens is 1. The van der Waals surface area contributed by atoms with Crippen molar-refractivity contribution in [2.45, 2.75) is 6.92 Å².